The van der Waals surface area contributed by atoms with E-state index in [4.69, 9.17) is 16.0 Å². The Kier molecular flexibility index (Phi) is 3.75. The number of alkyl halides is 3. The molecule has 0 spiro atoms. The van der Waals surface area contributed by atoms with Crippen molar-refractivity contribution in [3.05, 3.63) is 52.4 Å². The van der Waals surface area contributed by atoms with Crippen LogP contribution in [0.2, 0.25) is 5.02 Å². The van der Waals surface area contributed by atoms with Gasteiger partial charge in [0.05, 0.1) is 12.1 Å². The third kappa shape index (κ3) is 3.67. The number of halogens is 4. The van der Waals surface area contributed by atoms with Gasteiger partial charge in [-0.2, -0.15) is 13.2 Å². The second-order valence-electron chi connectivity index (χ2n) is 4.09. The molecule has 1 heterocycles. The zero-order valence-corrected chi connectivity index (χ0v) is 10.8. The summed E-state index contributed by atoms with van der Waals surface area (Å²) < 4.78 is 43.1. The van der Waals surface area contributed by atoms with Crippen LogP contribution in [0.15, 0.2) is 34.7 Å². The van der Waals surface area contributed by atoms with Crippen molar-refractivity contribution < 1.29 is 17.6 Å². The van der Waals surface area contributed by atoms with Gasteiger partial charge in [0.2, 0.25) is 0 Å². The Labute approximate surface area is 113 Å². The summed E-state index contributed by atoms with van der Waals surface area (Å²) in [5.74, 6) is 1.39. The fourth-order valence-corrected chi connectivity index (χ4v) is 1.86. The zero-order chi connectivity index (χ0) is 14.0. The predicted molar refractivity (Wildman–Crippen MR) is 67.2 cm³/mol. The molecule has 19 heavy (non-hydrogen) atoms. The fourth-order valence-electron chi connectivity index (χ4n) is 1.62. The number of benzene rings is 1. The fraction of sp³-hybridized carbons (Fsp3) is 0.231. The van der Waals surface area contributed by atoms with Crippen LogP contribution >= 0.6 is 11.6 Å². The molecular formula is C13H11ClF3NO. The van der Waals surface area contributed by atoms with E-state index in [1.807, 2.05) is 0 Å². The van der Waals surface area contributed by atoms with Gasteiger partial charge < -0.3 is 9.73 Å². The molecule has 0 aliphatic heterocycles. The van der Waals surface area contributed by atoms with Crippen LogP contribution in [-0.2, 0) is 12.7 Å². The van der Waals surface area contributed by atoms with Gasteiger partial charge in [0, 0.05) is 10.7 Å². The molecule has 1 N–H and O–H groups in total. The summed E-state index contributed by atoms with van der Waals surface area (Å²) in [6.07, 6.45) is -4.41. The SMILES string of the molecule is Cc1ccc(CNc2cc(Cl)cc(C(F)(F)F)c2)o1. The number of hydrogen-bond donors (Lipinski definition) is 1. The first-order valence-corrected chi connectivity index (χ1v) is 5.89. The number of hydrogen-bond acceptors (Lipinski definition) is 2. The van der Waals surface area contributed by atoms with Gasteiger partial charge in [0.1, 0.15) is 11.5 Å². The minimum atomic E-state index is -4.41. The van der Waals surface area contributed by atoms with Crippen LogP contribution in [0.4, 0.5) is 18.9 Å². The largest absolute Gasteiger partial charge is 0.465 e. The molecule has 1 aromatic heterocycles. The minimum Gasteiger partial charge on any atom is -0.465 e. The summed E-state index contributed by atoms with van der Waals surface area (Å²) in [7, 11) is 0. The monoisotopic (exact) mass is 289 g/mol. The molecule has 1 aromatic carbocycles. The van der Waals surface area contributed by atoms with Crippen LogP contribution in [0, 0.1) is 6.92 Å². The van der Waals surface area contributed by atoms with Gasteiger partial charge in [-0.05, 0) is 37.3 Å². The molecule has 0 amide bonds. The minimum absolute atomic E-state index is 0.0351. The standard InChI is InChI=1S/C13H11ClF3NO/c1-8-2-3-12(19-8)7-18-11-5-9(13(15,16)17)4-10(14)6-11/h2-6,18H,7H2,1H3. The van der Waals surface area contributed by atoms with Crippen molar-refractivity contribution in [1.82, 2.24) is 0 Å². The highest BCUT2D eigenvalue weighted by atomic mass is 35.5. The lowest BCUT2D eigenvalue weighted by atomic mass is 10.2. The quantitative estimate of drug-likeness (QED) is 0.872. The number of aryl methyl sites for hydroxylation is 1. The number of furan rings is 1. The molecule has 2 aromatic rings. The van der Waals surface area contributed by atoms with E-state index in [0.717, 1.165) is 17.9 Å². The smallest absolute Gasteiger partial charge is 0.416 e. The molecule has 0 unspecified atom stereocenters. The molecular weight excluding hydrogens is 279 g/mol. The van der Waals surface area contributed by atoms with Gasteiger partial charge in [-0.1, -0.05) is 11.6 Å². The van der Waals surface area contributed by atoms with Gasteiger partial charge in [-0.25, -0.2) is 0 Å². The lowest BCUT2D eigenvalue weighted by molar-refractivity contribution is -0.137. The van der Waals surface area contributed by atoms with Crippen molar-refractivity contribution >= 4 is 17.3 Å². The van der Waals surface area contributed by atoms with Crippen LogP contribution in [-0.4, -0.2) is 0 Å². The molecule has 0 saturated heterocycles. The zero-order valence-electron chi connectivity index (χ0n) is 10.0. The molecule has 2 rings (SSSR count). The summed E-state index contributed by atoms with van der Waals surface area (Å²) in [6.45, 7) is 2.09. The lowest BCUT2D eigenvalue weighted by Gasteiger charge is -2.11. The van der Waals surface area contributed by atoms with Gasteiger partial charge in [0.15, 0.2) is 0 Å². The van der Waals surface area contributed by atoms with E-state index < -0.39 is 11.7 Å². The van der Waals surface area contributed by atoms with E-state index in [0.29, 0.717) is 18.0 Å². The first-order valence-electron chi connectivity index (χ1n) is 5.51. The Balaban J connectivity index is 2.14. The second kappa shape index (κ2) is 5.17. The summed E-state index contributed by atoms with van der Waals surface area (Å²) in [4.78, 5) is 0. The summed E-state index contributed by atoms with van der Waals surface area (Å²) in [5, 5.41) is 2.88. The maximum atomic E-state index is 12.6. The summed E-state index contributed by atoms with van der Waals surface area (Å²) in [6, 6.07) is 6.89. The molecule has 0 aliphatic rings. The van der Waals surface area contributed by atoms with Crippen molar-refractivity contribution in [2.45, 2.75) is 19.6 Å². The Morgan fingerprint density at radius 1 is 1.21 bits per heavy atom. The Morgan fingerprint density at radius 2 is 1.95 bits per heavy atom. The highest BCUT2D eigenvalue weighted by Gasteiger charge is 2.31. The molecule has 0 atom stereocenters. The molecule has 102 valence electrons. The average Bonchev–Trinajstić information content (AvgIpc) is 2.71. The highest BCUT2D eigenvalue weighted by Crippen LogP contribution is 2.33. The van der Waals surface area contributed by atoms with E-state index in [9.17, 15) is 13.2 Å². The van der Waals surface area contributed by atoms with Gasteiger partial charge in [-0.3, -0.25) is 0 Å². The average molecular weight is 290 g/mol. The molecule has 0 bridgehead atoms. The van der Waals surface area contributed by atoms with Crippen molar-refractivity contribution in [1.29, 1.82) is 0 Å². The maximum Gasteiger partial charge on any atom is 0.416 e. The summed E-state index contributed by atoms with van der Waals surface area (Å²) in [5.41, 5.74) is -0.480. The first-order chi connectivity index (χ1) is 8.84. The highest BCUT2D eigenvalue weighted by molar-refractivity contribution is 6.30. The number of anilines is 1. The van der Waals surface area contributed by atoms with E-state index in [-0.39, 0.29) is 5.02 Å². The topological polar surface area (TPSA) is 25.2 Å². The maximum absolute atomic E-state index is 12.6. The van der Waals surface area contributed by atoms with E-state index in [1.165, 1.54) is 6.07 Å². The Hall–Kier alpha value is -1.62. The van der Waals surface area contributed by atoms with E-state index >= 15 is 0 Å². The molecule has 0 saturated carbocycles. The van der Waals surface area contributed by atoms with Crippen LogP contribution in [0.3, 0.4) is 0 Å². The number of nitrogens with one attached hydrogen (secondary N) is 1. The van der Waals surface area contributed by atoms with E-state index in [2.05, 4.69) is 5.32 Å². The Bertz CT molecular complexity index is 578. The summed E-state index contributed by atoms with van der Waals surface area (Å²) >= 11 is 5.68. The van der Waals surface area contributed by atoms with E-state index in [1.54, 1.807) is 19.1 Å². The van der Waals surface area contributed by atoms with Gasteiger partial charge in [-0.15, -0.1) is 0 Å². The molecule has 2 nitrogen and oxygen atoms in total. The van der Waals surface area contributed by atoms with Crippen molar-refractivity contribution in [3.63, 3.8) is 0 Å². The van der Waals surface area contributed by atoms with Gasteiger partial charge in [0.25, 0.3) is 0 Å². The van der Waals surface area contributed by atoms with Crippen LogP contribution in [0.25, 0.3) is 0 Å². The van der Waals surface area contributed by atoms with Crippen LogP contribution in [0.1, 0.15) is 17.1 Å². The van der Waals surface area contributed by atoms with Crippen molar-refractivity contribution in [2.24, 2.45) is 0 Å². The molecule has 6 heteroatoms. The normalized spacial score (nSPS) is 11.6. The lowest BCUT2D eigenvalue weighted by Crippen LogP contribution is -2.06. The van der Waals surface area contributed by atoms with Crippen LogP contribution < -0.4 is 5.32 Å². The Morgan fingerprint density at radius 3 is 2.53 bits per heavy atom. The number of rotatable bonds is 3. The first kappa shape index (κ1) is 13.8. The van der Waals surface area contributed by atoms with Gasteiger partial charge >= 0.3 is 6.18 Å². The van der Waals surface area contributed by atoms with Crippen molar-refractivity contribution in [3.8, 4) is 0 Å². The second-order valence-corrected chi connectivity index (χ2v) is 4.53. The van der Waals surface area contributed by atoms with Crippen molar-refractivity contribution in [2.75, 3.05) is 5.32 Å². The third-order valence-corrected chi connectivity index (χ3v) is 2.71. The molecule has 0 aliphatic carbocycles. The predicted octanol–water partition coefficient (Wildman–Crippen LogP) is 4.87. The third-order valence-electron chi connectivity index (χ3n) is 2.49. The molecule has 0 radical (unpaired) electrons. The van der Waals surface area contributed by atoms with Crippen LogP contribution in [0.5, 0.6) is 0 Å². The molecule has 0 fully saturated rings.